The van der Waals surface area contributed by atoms with Crippen molar-refractivity contribution < 1.29 is 19.3 Å². The number of phenols is 1. The number of aromatic nitrogens is 1. The van der Waals surface area contributed by atoms with E-state index < -0.39 is 17.1 Å². The third kappa shape index (κ3) is 2.89. The smallest absolute Gasteiger partial charge is 0.166 e. The van der Waals surface area contributed by atoms with Gasteiger partial charge in [0.25, 0.3) is 0 Å². The normalized spacial score (nSPS) is 29.8. The molecule has 5 aliphatic rings. The van der Waals surface area contributed by atoms with Crippen LogP contribution in [0.25, 0.3) is 10.9 Å². The zero-order valence-corrected chi connectivity index (χ0v) is 22.8. The highest BCUT2D eigenvalue weighted by Gasteiger charge is 2.73. The van der Waals surface area contributed by atoms with Crippen LogP contribution in [-0.2, 0) is 24.8 Å². The second-order valence-corrected chi connectivity index (χ2v) is 13.1. The fraction of sp³-hybridized carbons (Fsp3) is 0.394. The van der Waals surface area contributed by atoms with E-state index in [1.807, 2.05) is 36.4 Å². The molecule has 4 atom stereocenters. The van der Waals surface area contributed by atoms with Gasteiger partial charge in [0.1, 0.15) is 5.82 Å². The number of aromatic hydroxyl groups is 1. The van der Waals surface area contributed by atoms with Gasteiger partial charge in [-0.15, -0.1) is 0 Å². The van der Waals surface area contributed by atoms with Gasteiger partial charge in [0, 0.05) is 47.0 Å². The largest absolute Gasteiger partial charge is 0.504 e. The van der Waals surface area contributed by atoms with Crippen LogP contribution < -0.4 is 4.74 Å². The lowest BCUT2D eigenvalue weighted by Crippen LogP contribution is -2.74. The molecule has 1 spiro atoms. The number of fused-ring (bicyclic) bond motifs is 4. The monoisotopic (exact) mass is 556 g/mol. The third-order valence-corrected chi connectivity index (χ3v) is 10.9. The Morgan fingerprint density at radius 1 is 1.07 bits per heavy atom. The van der Waals surface area contributed by atoms with Crippen LogP contribution in [0.5, 0.6) is 11.5 Å². The van der Waals surface area contributed by atoms with Crippen molar-refractivity contribution in [1.82, 2.24) is 9.47 Å². The van der Waals surface area contributed by atoms with Crippen LogP contribution >= 0.6 is 11.6 Å². The number of aliphatic hydroxyl groups is 1. The lowest BCUT2D eigenvalue weighted by atomic mass is 9.49. The molecule has 3 aliphatic carbocycles. The first-order chi connectivity index (χ1) is 19.4. The van der Waals surface area contributed by atoms with Crippen LogP contribution in [0.3, 0.4) is 0 Å². The van der Waals surface area contributed by atoms with E-state index in [2.05, 4.69) is 9.47 Å². The summed E-state index contributed by atoms with van der Waals surface area (Å²) in [6.07, 6.45) is 4.09. The number of halogens is 2. The Kier molecular flexibility index (Phi) is 4.61. The summed E-state index contributed by atoms with van der Waals surface area (Å²) in [5, 5.41) is 25.8. The molecule has 2 bridgehead atoms. The van der Waals surface area contributed by atoms with Crippen LogP contribution in [0.1, 0.15) is 53.3 Å². The van der Waals surface area contributed by atoms with E-state index in [-0.39, 0.29) is 17.6 Å². The molecule has 3 heterocycles. The SMILES string of the molecule is Oc1ccc2c3c1O[C@H]1c4c(c5cc(Cl)ccc5n4Cc4ccc(F)cc4)C[C@@]4(O)[C@H](C2)N(CC2CC2)CC[C@]314. The summed E-state index contributed by atoms with van der Waals surface area (Å²) >= 11 is 6.56. The van der Waals surface area contributed by atoms with Crippen molar-refractivity contribution >= 4 is 22.5 Å². The topological polar surface area (TPSA) is 57.9 Å². The first kappa shape index (κ1) is 23.6. The van der Waals surface area contributed by atoms with E-state index >= 15 is 0 Å². The van der Waals surface area contributed by atoms with Gasteiger partial charge in [-0.05, 0) is 91.2 Å². The first-order valence-electron chi connectivity index (χ1n) is 14.4. The Bertz CT molecular complexity index is 1730. The predicted molar refractivity (Wildman–Crippen MR) is 151 cm³/mol. The fourth-order valence-corrected chi connectivity index (χ4v) is 8.94. The Morgan fingerprint density at radius 2 is 1.90 bits per heavy atom. The summed E-state index contributed by atoms with van der Waals surface area (Å²) < 4.78 is 22.9. The van der Waals surface area contributed by atoms with Crippen LogP contribution in [0.15, 0.2) is 54.6 Å². The van der Waals surface area contributed by atoms with Gasteiger partial charge >= 0.3 is 0 Å². The molecule has 3 aromatic carbocycles. The fourth-order valence-electron chi connectivity index (χ4n) is 8.77. The summed E-state index contributed by atoms with van der Waals surface area (Å²) in [6.45, 7) is 2.46. The minimum absolute atomic E-state index is 0.0289. The number of ether oxygens (including phenoxy) is 1. The molecular formula is C33H30ClFN2O3. The molecular weight excluding hydrogens is 527 g/mol. The minimum Gasteiger partial charge on any atom is -0.504 e. The maximum atomic E-state index is 13.8. The predicted octanol–water partition coefficient (Wildman–Crippen LogP) is 5.89. The maximum Gasteiger partial charge on any atom is 0.166 e. The third-order valence-electron chi connectivity index (χ3n) is 10.6. The number of phenolic OH excluding ortho intramolecular Hbond substituents is 1. The second kappa shape index (κ2) is 7.81. The molecule has 2 N–H and O–H groups in total. The van der Waals surface area contributed by atoms with Crippen molar-refractivity contribution in [3.8, 4) is 11.5 Å². The molecule has 4 aromatic rings. The molecule has 5 nitrogen and oxygen atoms in total. The van der Waals surface area contributed by atoms with E-state index in [1.54, 1.807) is 6.07 Å². The molecule has 0 amide bonds. The van der Waals surface area contributed by atoms with Crippen molar-refractivity contribution in [3.05, 3.63) is 93.4 Å². The molecule has 2 fully saturated rings. The Morgan fingerprint density at radius 3 is 2.70 bits per heavy atom. The highest BCUT2D eigenvalue weighted by Crippen LogP contribution is 2.69. The van der Waals surface area contributed by atoms with Crippen molar-refractivity contribution in [3.63, 3.8) is 0 Å². The minimum atomic E-state index is -1.05. The summed E-state index contributed by atoms with van der Waals surface area (Å²) in [5.74, 6) is 1.12. The van der Waals surface area contributed by atoms with Gasteiger partial charge < -0.3 is 19.5 Å². The van der Waals surface area contributed by atoms with E-state index in [9.17, 15) is 14.6 Å². The van der Waals surface area contributed by atoms with Crippen LogP contribution in [0.4, 0.5) is 4.39 Å². The van der Waals surface area contributed by atoms with Gasteiger partial charge in [0.15, 0.2) is 17.6 Å². The second-order valence-electron chi connectivity index (χ2n) is 12.7. The van der Waals surface area contributed by atoms with E-state index in [1.165, 1.54) is 30.5 Å². The number of benzene rings is 3. The molecule has 2 aliphatic heterocycles. The molecule has 7 heteroatoms. The number of hydrogen-bond donors (Lipinski definition) is 2. The highest BCUT2D eigenvalue weighted by molar-refractivity contribution is 6.31. The molecule has 1 saturated carbocycles. The number of rotatable bonds is 4. The average molecular weight is 557 g/mol. The van der Waals surface area contributed by atoms with Gasteiger partial charge in [-0.3, -0.25) is 4.90 Å². The number of nitrogens with zero attached hydrogens (tertiary/aromatic N) is 2. The van der Waals surface area contributed by atoms with Gasteiger partial charge in [-0.1, -0.05) is 29.8 Å². The molecule has 1 aromatic heterocycles. The lowest BCUT2D eigenvalue weighted by Gasteiger charge is -2.63. The summed E-state index contributed by atoms with van der Waals surface area (Å²) in [5.41, 5.74) is 4.57. The Hall–Kier alpha value is -3.06. The van der Waals surface area contributed by atoms with Gasteiger partial charge in [0.05, 0.1) is 16.7 Å². The Labute approximate surface area is 236 Å². The van der Waals surface area contributed by atoms with E-state index in [0.717, 1.165) is 65.1 Å². The van der Waals surface area contributed by atoms with Gasteiger partial charge in [-0.2, -0.15) is 0 Å². The van der Waals surface area contributed by atoms with Gasteiger partial charge in [-0.25, -0.2) is 4.39 Å². The van der Waals surface area contributed by atoms with Crippen molar-refractivity contribution in [2.45, 2.75) is 61.8 Å². The molecule has 204 valence electrons. The number of likely N-dealkylation sites (tertiary alicyclic amines) is 1. The molecule has 9 rings (SSSR count). The maximum absolute atomic E-state index is 13.8. The Balaban J connectivity index is 1.31. The van der Waals surface area contributed by atoms with Crippen molar-refractivity contribution in [2.75, 3.05) is 13.1 Å². The zero-order chi connectivity index (χ0) is 27.0. The molecule has 0 radical (unpaired) electrons. The lowest BCUT2D eigenvalue weighted by molar-refractivity contribution is -0.173. The zero-order valence-electron chi connectivity index (χ0n) is 22.0. The van der Waals surface area contributed by atoms with Crippen LogP contribution in [0, 0.1) is 11.7 Å². The van der Waals surface area contributed by atoms with E-state index in [0.29, 0.717) is 23.7 Å². The van der Waals surface area contributed by atoms with Crippen molar-refractivity contribution in [1.29, 1.82) is 0 Å². The summed E-state index contributed by atoms with van der Waals surface area (Å²) in [6, 6.07) is 16.3. The quantitative estimate of drug-likeness (QED) is 0.329. The number of piperidine rings is 1. The van der Waals surface area contributed by atoms with E-state index in [4.69, 9.17) is 16.3 Å². The summed E-state index contributed by atoms with van der Waals surface area (Å²) in [4.78, 5) is 2.55. The average Bonchev–Trinajstić information content (AvgIpc) is 3.61. The molecule has 0 unspecified atom stereocenters. The molecule has 40 heavy (non-hydrogen) atoms. The number of hydrogen-bond acceptors (Lipinski definition) is 4. The van der Waals surface area contributed by atoms with Gasteiger partial charge in [0.2, 0.25) is 0 Å². The first-order valence-corrected chi connectivity index (χ1v) is 14.8. The summed E-state index contributed by atoms with van der Waals surface area (Å²) in [7, 11) is 0. The van der Waals surface area contributed by atoms with Crippen LogP contribution in [0.2, 0.25) is 5.02 Å². The highest BCUT2D eigenvalue weighted by atomic mass is 35.5. The van der Waals surface area contributed by atoms with Crippen LogP contribution in [-0.4, -0.2) is 44.4 Å². The molecule has 1 saturated heterocycles. The van der Waals surface area contributed by atoms with Crippen molar-refractivity contribution in [2.24, 2.45) is 5.92 Å². The standard InChI is InChI=1S/C33H30ClFN2O3/c34-21-6-9-25-23(14-21)24-15-33(39)27-13-20-5-10-26(38)30-28(20)32(33,11-12-36(27)16-18-1-2-18)31(40-30)29(24)37(25)17-19-3-7-22(35)8-4-19/h3-10,14,18,27,31,38-39H,1-2,11-13,15-17H2/t27-,31-,32-,33+/m0/s1.